The number of benzene rings is 3. The zero-order valence-electron chi connectivity index (χ0n) is 21.9. The summed E-state index contributed by atoms with van der Waals surface area (Å²) < 4.78 is 136. The van der Waals surface area contributed by atoms with Gasteiger partial charge in [0, 0.05) is 33.9 Å². The summed E-state index contributed by atoms with van der Waals surface area (Å²) in [5.74, 6) is -4.97. The van der Waals surface area contributed by atoms with Crippen molar-refractivity contribution >= 4 is 40.1 Å². The molecule has 0 radical (unpaired) electrons. The van der Waals surface area contributed by atoms with Crippen LogP contribution in [0.15, 0.2) is 47.3 Å². The molecule has 0 bridgehead atoms. The van der Waals surface area contributed by atoms with Gasteiger partial charge in [-0.2, -0.15) is 35.1 Å². The topological polar surface area (TPSA) is 85.1 Å². The van der Waals surface area contributed by atoms with Crippen molar-refractivity contribution in [2.24, 2.45) is 0 Å². The summed E-state index contributed by atoms with van der Waals surface area (Å²) in [6.45, 7) is -4.89. The van der Waals surface area contributed by atoms with Crippen LogP contribution in [0.2, 0.25) is 5.02 Å². The second-order valence-electron chi connectivity index (χ2n) is 9.78. The van der Waals surface area contributed by atoms with Gasteiger partial charge in [-0.25, -0.2) is 18.1 Å². The van der Waals surface area contributed by atoms with Gasteiger partial charge in [0.05, 0.1) is 34.6 Å². The fourth-order valence-corrected chi connectivity index (χ4v) is 5.27. The number of carbonyl (C=O) groups is 2. The molecule has 0 fully saturated rings. The SMILES string of the molecule is O=C(Nc1cc2c(c3c1C(c1cc(F)ccc1Cl)NC3=O)n(C(F)F)c(=O)n2CCC(F)(F)F)c1cc(F)cc(C(F)(F)F)c1. The fourth-order valence-electron chi connectivity index (χ4n) is 5.04. The smallest absolute Gasteiger partial charge is 0.341 e. The first-order valence-electron chi connectivity index (χ1n) is 12.5. The standard InChI is InChI=1S/C27H15ClF10N4O3/c28-15-2-1-12(29)8-14(15)20-18-16(39-22(43)10-5-11(27(36,37)38)7-13(30)6-10)9-17-21(19(18)23(44)40-20)42(24(31)32)25(45)41(17)4-3-26(33,34)35/h1-2,5-9,20,24H,3-4H2,(H,39,43)(H,40,44). The Morgan fingerprint density at radius 2 is 1.67 bits per heavy atom. The number of hydrogen-bond donors (Lipinski definition) is 2. The maximum atomic E-state index is 14.2. The summed E-state index contributed by atoms with van der Waals surface area (Å²) in [5, 5.41) is 4.29. The molecule has 1 atom stereocenters. The van der Waals surface area contributed by atoms with Crippen molar-refractivity contribution in [3.8, 4) is 0 Å². The Kier molecular flexibility index (Phi) is 7.87. The Hall–Kier alpha value is -4.54. The van der Waals surface area contributed by atoms with Crippen molar-refractivity contribution in [2.75, 3.05) is 5.32 Å². The molecule has 238 valence electrons. The van der Waals surface area contributed by atoms with Gasteiger partial charge in [-0.15, -0.1) is 0 Å². The average molecular weight is 669 g/mol. The monoisotopic (exact) mass is 668 g/mol. The third-order valence-corrected chi connectivity index (χ3v) is 7.24. The lowest BCUT2D eigenvalue weighted by molar-refractivity contribution is -0.138. The Morgan fingerprint density at radius 1 is 0.978 bits per heavy atom. The van der Waals surface area contributed by atoms with E-state index in [0.29, 0.717) is 6.07 Å². The number of anilines is 1. The molecular weight excluding hydrogens is 654 g/mol. The van der Waals surface area contributed by atoms with Crippen molar-refractivity contribution in [1.29, 1.82) is 0 Å². The van der Waals surface area contributed by atoms with Crippen LogP contribution in [0, 0.1) is 11.6 Å². The Balaban J connectivity index is 1.80. The minimum absolute atomic E-state index is 0.109. The molecule has 3 aromatic carbocycles. The minimum Gasteiger partial charge on any atom is -0.341 e. The number of rotatable bonds is 6. The molecule has 1 aliphatic rings. The van der Waals surface area contributed by atoms with Crippen LogP contribution in [0.3, 0.4) is 0 Å². The molecule has 5 rings (SSSR count). The third kappa shape index (κ3) is 5.95. The molecule has 18 heteroatoms. The highest BCUT2D eigenvalue weighted by Crippen LogP contribution is 2.43. The average Bonchev–Trinajstić information content (AvgIpc) is 3.41. The van der Waals surface area contributed by atoms with E-state index in [2.05, 4.69) is 10.6 Å². The summed E-state index contributed by atoms with van der Waals surface area (Å²) in [6.07, 6.45) is -11.6. The number of aryl methyl sites for hydroxylation is 1. The van der Waals surface area contributed by atoms with Crippen LogP contribution in [-0.4, -0.2) is 27.1 Å². The molecule has 2 N–H and O–H groups in total. The van der Waals surface area contributed by atoms with Crippen LogP contribution in [-0.2, 0) is 12.7 Å². The van der Waals surface area contributed by atoms with Crippen molar-refractivity contribution < 1.29 is 53.5 Å². The van der Waals surface area contributed by atoms with E-state index in [-0.39, 0.29) is 31.9 Å². The number of hydrogen-bond acceptors (Lipinski definition) is 3. The summed E-state index contributed by atoms with van der Waals surface area (Å²) in [7, 11) is 0. The van der Waals surface area contributed by atoms with Crippen molar-refractivity contribution in [3.63, 3.8) is 0 Å². The predicted molar refractivity (Wildman–Crippen MR) is 138 cm³/mol. The maximum Gasteiger partial charge on any atom is 0.416 e. The van der Waals surface area contributed by atoms with Crippen molar-refractivity contribution in [2.45, 2.75) is 37.9 Å². The Bertz CT molecular complexity index is 1930. The number of fused-ring (bicyclic) bond motifs is 3. The highest BCUT2D eigenvalue weighted by molar-refractivity contribution is 6.31. The minimum atomic E-state index is -5.08. The molecule has 7 nitrogen and oxygen atoms in total. The van der Waals surface area contributed by atoms with E-state index < -0.39 is 106 Å². The summed E-state index contributed by atoms with van der Waals surface area (Å²) in [4.78, 5) is 39.4. The molecule has 1 aromatic heterocycles. The van der Waals surface area contributed by atoms with E-state index in [9.17, 15) is 58.3 Å². The highest BCUT2D eigenvalue weighted by Gasteiger charge is 2.40. The number of nitrogens with zero attached hydrogens (tertiary/aromatic N) is 2. The number of imidazole rings is 1. The maximum absolute atomic E-state index is 14.2. The van der Waals surface area contributed by atoms with Gasteiger partial charge >= 0.3 is 24.6 Å². The van der Waals surface area contributed by atoms with Crippen LogP contribution >= 0.6 is 11.6 Å². The molecule has 1 unspecified atom stereocenters. The quantitative estimate of drug-likeness (QED) is 0.214. The lowest BCUT2D eigenvalue weighted by Crippen LogP contribution is -2.27. The van der Waals surface area contributed by atoms with E-state index in [1.165, 1.54) is 0 Å². The Morgan fingerprint density at radius 3 is 2.29 bits per heavy atom. The molecule has 0 saturated heterocycles. The molecule has 1 aliphatic heterocycles. The van der Waals surface area contributed by atoms with Crippen molar-refractivity contribution in [1.82, 2.24) is 14.5 Å². The second kappa shape index (κ2) is 11.1. The number of alkyl halides is 8. The van der Waals surface area contributed by atoms with E-state index in [4.69, 9.17) is 11.6 Å². The molecule has 0 aliphatic carbocycles. The number of amides is 2. The molecule has 0 spiro atoms. The fraction of sp³-hybridized carbons (Fsp3) is 0.222. The largest absolute Gasteiger partial charge is 0.416 e. The molecule has 4 aromatic rings. The van der Waals surface area contributed by atoms with Crippen molar-refractivity contribution in [3.05, 3.63) is 97.4 Å². The zero-order valence-corrected chi connectivity index (χ0v) is 22.6. The van der Waals surface area contributed by atoms with Crippen LogP contribution in [0.25, 0.3) is 11.0 Å². The number of nitrogens with one attached hydrogen (secondary N) is 2. The van der Waals surface area contributed by atoms with E-state index >= 15 is 0 Å². The molecule has 2 heterocycles. The van der Waals surface area contributed by atoms with E-state index in [0.717, 1.165) is 24.3 Å². The van der Waals surface area contributed by atoms with Gasteiger partial charge in [-0.3, -0.25) is 14.2 Å². The Labute approximate surface area is 249 Å². The summed E-state index contributed by atoms with van der Waals surface area (Å²) >= 11 is 6.20. The van der Waals surface area contributed by atoms with E-state index in [1.54, 1.807) is 0 Å². The van der Waals surface area contributed by atoms with Gasteiger partial charge in [0.2, 0.25) is 0 Å². The van der Waals surface area contributed by atoms with Gasteiger partial charge < -0.3 is 10.6 Å². The van der Waals surface area contributed by atoms with Crippen LogP contribution in [0.1, 0.15) is 56.4 Å². The van der Waals surface area contributed by atoms with Gasteiger partial charge in [0.1, 0.15) is 11.6 Å². The number of carbonyl (C=O) groups excluding carboxylic acids is 2. The zero-order chi connectivity index (χ0) is 33.2. The highest BCUT2D eigenvalue weighted by atomic mass is 35.5. The predicted octanol–water partition coefficient (Wildman–Crippen LogP) is 7.19. The van der Waals surface area contributed by atoms with Crippen LogP contribution in [0.4, 0.5) is 49.6 Å². The normalized spacial score (nSPS) is 15.1. The lowest BCUT2D eigenvalue weighted by Gasteiger charge is -2.19. The van der Waals surface area contributed by atoms with Gasteiger partial charge in [0.25, 0.3) is 11.8 Å². The first-order valence-corrected chi connectivity index (χ1v) is 12.9. The van der Waals surface area contributed by atoms with Gasteiger partial charge in [-0.1, -0.05) is 11.6 Å². The molecule has 0 saturated carbocycles. The number of halogens is 11. The molecule has 45 heavy (non-hydrogen) atoms. The summed E-state index contributed by atoms with van der Waals surface area (Å²) in [6, 6.07) is 2.90. The summed E-state index contributed by atoms with van der Waals surface area (Å²) in [5.41, 5.74) is -7.57. The molecule has 2 amide bonds. The van der Waals surface area contributed by atoms with Gasteiger partial charge in [-0.05, 0) is 42.5 Å². The second-order valence-corrected chi connectivity index (χ2v) is 10.2. The third-order valence-electron chi connectivity index (χ3n) is 6.90. The first-order chi connectivity index (χ1) is 20.9. The van der Waals surface area contributed by atoms with Crippen LogP contribution < -0.4 is 16.3 Å². The van der Waals surface area contributed by atoms with Gasteiger partial charge in [0.15, 0.2) is 0 Å². The van der Waals surface area contributed by atoms with Crippen LogP contribution in [0.5, 0.6) is 0 Å². The first kappa shape index (κ1) is 31.9. The lowest BCUT2D eigenvalue weighted by atomic mass is 9.95. The molecular formula is C27H15ClF10N4O3. The number of aromatic nitrogens is 2. The van der Waals surface area contributed by atoms with E-state index in [1.807, 2.05) is 0 Å².